The molecule has 1 aliphatic rings. The molecule has 1 atom stereocenters. The van der Waals surface area contributed by atoms with Gasteiger partial charge in [0.1, 0.15) is 0 Å². The largest absolute Gasteiger partial charge is 0.481 e. The molecule has 1 aliphatic heterocycles. The minimum absolute atomic E-state index is 0.301. The Morgan fingerprint density at radius 2 is 1.67 bits per heavy atom. The summed E-state index contributed by atoms with van der Waals surface area (Å²) in [4.78, 5) is 0. The zero-order valence-electron chi connectivity index (χ0n) is 9.59. The fourth-order valence-corrected chi connectivity index (χ4v) is 1.60. The molecule has 0 aromatic rings. The number of hydrogen-bond donors (Lipinski definition) is 0. The molecule has 1 heterocycles. The monoisotopic (exact) mass is 250 g/mol. The summed E-state index contributed by atoms with van der Waals surface area (Å²) >= 11 is 11.7. The molecule has 0 unspecified atom stereocenters. The van der Waals surface area contributed by atoms with Crippen LogP contribution in [-0.2, 0) is 9.31 Å². The van der Waals surface area contributed by atoms with Crippen LogP contribution in [0.5, 0.6) is 0 Å². The summed E-state index contributed by atoms with van der Waals surface area (Å²) in [5, 5.41) is -0.301. The number of rotatable bonds is 3. The van der Waals surface area contributed by atoms with Crippen LogP contribution in [0.15, 0.2) is 12.2 Å². The Bertz CT molecular complexity index is 238. The third kappa shape index (κ3) is 2.91. The van der Waals surface area contributed by atoms with Gasteiger partial charge < -0.3 is 9.31 Å². The summed E-state index contributed by atoms with van der Waals surface area (Å²) < 4.78 is 11.5. The molecule has 0 aliphatic carbocycles. The van der Waals surface area contributed by atoms with Gasteiger partial charge in [0.15, 0.2) is 0 Å². The van der Waals surface area contributed by atoms with Crippen molar-refractivity contribution in [1.82, 2.24) is 0 Å². The van der Waals surface area contributed by atoms with Gasteiger partial charge in [-0.3, -0.25) is 0 Å². The van der Waals surface area contributed by atoms with Crippen molar-refractivity contribution < 1.29 is 9.31 Å². The topological polar surface area (TPSA) is 18.5 Å². The van der Waals surface area contributed by atoms with Crippen molar-refractivity contribution in [2.75, 3.05) is 5.88 Å². The van der Waals surface area contributed by atoms with Gasteiger partial charge in [-0.15, -0.1) is 23.2 Å². The lowest BCUT2D eigenvalue weighted by Crippen LogP contribution is -2.41. The Morgan fingerprint density at radius 3 is 2.07 bits per heavy atom. The highest BCUT2D eigenvalue weighted by molar-refractivity contribution is 6.61. The van der Waals surface area contributed by atoms with E-state index in [1.165, 1.54) is 0 Å². The van der Waals surface area contributed by atoms with E-state index < -0.39 is 7.12 Å². The first-order valence-corrected chi connectivity index (χ1v) is 5.99. The second kappa shape index (κ2) is 4.66. The molecule has 86 valence electrons. The molecule has 1 saturated heterocycles. The van der Waals surface area contributed by atoms with E-state index >= 15 is 0 Å². The first-order chi connectivity index (χ1) is 6.80. The van der Waals surface area contributed by atoms with Gasteiger partial charge in [-0.25, -0.2) is 0 Å². The predicted molar refractivity (Wildman–Crippen MR) is 65.6 cm³/mol. The van der Waals surface area contributed by atoms with Gasteiger partial charge in [0.2, 0.25) is 0 Å². The van der Waals surface area contributed by atoms with Crippen molar-refractivity contribution in [2.45, 2.75) is 44.2 Å². The van der Waals surface area contributed by atoms with Crippen LogP contribution in [0.3, 0.4) is 0 Å². The van der Waals surface area contributed by atoms with Gasteiger partial charge in [0.05, 0.1) is 16.5 Å². The molecule has 0 radical (unpaired) electrons. The minimum atomic E-state index is -0.406. The van der Waals surface area contributed by atoms with Crippen LogP contribution in [0.2, 0.25) is 0 Å². The van der Waals surface area contributed by atoms with E-state index in [4.69, 9.17) is 32.5 Å². The van der Waals surface area contributed by atoms with Gasteiger partial charge in [-0.2, -0.15) is 0 Å². The van der Waals surface area contributed by atoms with Crippen LogP contribution < -0.4 is 0 Å². The average molecular weight is 251 g/mol. The maximum atomic E-state index is 6.12. The SMILES string of the molecule is CC1(C)OB([C@H](Cl)/C=C/CCl)OC1(C)C. The zero-order chi connectivity index (χ0) is 11.7. The highest BCUT2D eigenvalue weighted by Gasteiger charge is 2.53. The molecule has 0 aromatic heterocycles. The van der Waals surface area contributed by atoms with E-state index in [2.05, 4.69) is 0 Å². The molecule has 0 amide bonds. The van der Waals surface area contributed by atoms with Crippen molar-refractivity contribution >= 4 is 30.3 Å². The van der Waals surface area contributed by atoms with Gasteiger partial charge in [0.25, 0.3) is 0 Å². The van der Waals surface area contributed by atoms with Crippen molar-refractivity contribution in [3.8, 4) is 0 Å². The van der Waals surface area contributed by atoms with E-state index in [1.807, 2.05) is 27.7 Å². The minimum Gasteiger partial charge on any atom is -0.402 e. The van der Waals surface area contributed by atoms with Crippen molar-refractivity contribution in [2.24, 2.45) is 0 Å². The predicted octanol–water partition coefficient (Wildman–Crippen LogP) is 3.02. The quantitative estimate of drug-likeness (QED) is 0.436. The molecule has 1 fully saturated rings. The summed E-state index contributed by atoms with van der Waals surface area (Å²) in [6.07, 6.45) is 3.60. The maximum absolute atomic E-state index is 6.12. The highest BCUT2D eigenvalue weighted by Crippen LogP contribution is 2.38. The molecule has 0 bridgehead atoms. The smallest absolute Gasteiger partial charge is 0.402 e. The Kier molecular flexibility index (Phi) is 4.16. The van der Waals surface area contributed by atoms with Crippen molar-refractivity contribution in [3.63, 3.8) is 0 Å². The molecule has 0 aromatic carbocycles. The average Bonchev–Trinajstić information content (AvgIpc) is 2.32. The van der Waals surface area contributed by atoms with E-state index in [0.717, 1.165) is 0 Å². The van der Waals surface area contributed by atoms with Gasteiger partial charge in [-0.05, 0) is 27.7 Å². The van der Waals surface area contributed by atoms with E-state index in [1.54, 1.807) is 12.2 Å². The molecule has 0 N–H and O–H groups in total. The second-order valence-corrected chi connectivity index (χ2v) is 5.46. The Hall–Kier alpha value is 0.305. The van der Waals surface area contributed by atoms with E-state index in [-0.39, 0.29) is 16.5 Å². The lowest BCUT2D eigenvalue weighted by Gasteiger charge is -2.32. The lowest BCUT2D eigenvalue weighted by molar-refractivity contribution is 0.00578. The molecule has 1 rings (SSSR count). The Balaban J connectivity index is 2.66. The maximum Gasteiger partial charge on any atom is 0.481 e. The van der Waals surface area contributed by atoms with E-state index in [9.17, 15) is 0 Å². The second-order valence-electron chi connectivity index (χ2n) is 4.65. The summed E-state index contributed by atoms with van der Waals surface area (Å²) in [5.74, 6) is 0.447. The number of allylic oxidation sites excluding steroid dienone is 2. The summed E-state index contributed by atoms with van der Waals surface area (Å²) in [6, 6.07) is 0. The Morgan fingerprint density at radius 1 is 1.20 bits per heavy atom. The third-order valence-corrected chi connectivity index (χ3v) is 3.47. The van der Waals surface area contributed by atoms with Crippen LogP contribution in [0.25, 0.3) is 0 Å². The fourth-order valence-electron chi connectivity index (χ4n) is 1.29. The third-order valence-electron chi connectivity index (χ3n) is 2.94. The summed E-state index contributed by atoms with van der Waals surface area (Å²) in [5.41, 5.74) is -0.667. The fraction of sp³-hybridized carbons (Fsp3) is 0.800. The number of alkyl halides is 2. The summed E-state index contributed by atoms with van der Waals surface area (Å²) in [6.45, 7) is 8.01. The van der Waals surface area contributed by atoms with Crippen LogP contribution >= 0.6 is 23.2 Å². The zero-order valence-corrected chi connectivity index (χ0v) is 11.1. The standard InChI is InChI=1S/C10H17BCl2O2/c1-9(2)10(3,4)15-11(14-9)8(13)6-5-7-12/h5-6,8H,7H2,1-4H3/b6-5+/t8-/m1/s1. The lowest BCUT2D eigenvalue weighted by atomic mass is 9.84. The number of hydrogen-bond acceptors (Lipinski definition) is 2. The Labute approximate surface area is 102 Å². The van der Waals surface area contributed by atoms with Crippen LogP contribution in [0, 0.1) is 0 Å². The van der Waals surface area contributed by atoms with Crippen molar-refractivity contribution in [3.05, 3.63) is 12.2 Å². The molecule has 2 nitrogen and oxygen atoms in total. The molecular formula is C10H17BCl2O2. The molecule has 15 heavy (non-hydrogen) atoms. The van der Waals surface area contributed by atoms with Gasteiger partial charge in [-0.1, -0.05) is 12.2 Å². The van der Waals surface area contributed by atoms with E-state index in [0.29, 0.717) is 5.88 Å². The number of halogens is 2. The molecule has 0 spiro atoms. The highest BCUT2D eigenvalue weighted by atomic mass is 35.5. The first kappa shape index (κ1) is 13.4. The van der Waals surface area contributed by atoms with Gasteiger partial charge in [0, 0.05) is 5.88 Å². The van der Waals surface area contributed by atoms with Crippen LogP contribution in [0.1, 0.15) is 27.7 Å². The van der Waals surface area contributed by atoms with Crippen molar-refractivity contribution in [1.29, 1.82) is 0 Å². The van der Waals surface area contributed by atoms with Crippen LogP contribution in [-0.4, -0.2) is 29.5 Å². The van der Waals surface area contributed by atoms with Gasteiger partial charge >= 0.3 is 7.12 Å². The molecule has 0 saturated carbocycles. The van der Waals surface area contributed by atoms with Crippen LogP contribution in [0.4, 0.5) is 0 Å². The molecule has 5 heteroatoms. The normalized spacial score (nSPS) is 26.1. The first-order valence-electron chi connectivity index (χ1n) is 5.02. The molecular weight excluding hydrogens is 234 g/mol. The summed E-state index contributed by atoms with van der Waals surface area (Å²) in [7, 11) is -0.406.